The van der Waals surface area contributed by atoms with Gasteiger partial charge in [0, 0.05) is 18.8 Å². The zero-order valence-corrected chi connectivity index (χ0v) is 7.58. The molecule has 1 saturated carbocycles. The molecule has 1 fully saturated rings. The van der Waals surface area contributed by atoms with Crippen LogP contribution in [0.5, 0.6) is 0 Å². The number of rotatable bonds is 3. The van der Waals surface area contributed by atoms with Crippen LogP contribution in [0.25, 0.3) is 0 Å². The number of hydrogen-bond donors (Lipinski definition) is 0. The van der Waals surface area contributed by atoms with Gasteiger partial charge in [-0.2, -0.15) is 0 Å². The molecule has 0 aromatic rings. The topological polar surface area (TPSA) is 34.1 Å². The van der Waals surface area contributed by atoms with Gasteiger partial charge in [0.2, 0.25) is 0 Å². The number of aldehydes is 1. The monoisotopic (exact) mass is 168 g/mol. The van der Waals surface area contributed by atoms with Gasteiger partial charge in [0.1, 0.15) is 12.1 Å². The third kappa shape index (κ3) is 2.43. The van der Waals surface area contributed by atoms with Gasteiger partial charge in [-0.3, -0.25) is 4.79 Å². The second-order valence-corrected chi connectivity index (χ2v) is 3.76. The van der Waals surface area contributed by atoms with E-state index < -0.39 is 0 Å². The highest BCUT2D eigenvalue weighted by molar-refractivity contribution is 5.81. The highest BCUT2D eigenvalue weighted by Gasteiger charge is 2.24. The van der Waals surface area contributed by atoms with Gasteiger partial charge in [-0.05, 0) is 25.2 Å². The standard InChI is InChI=1S/C10H16O2/c1-8-4-5-9(3-2-6-11)7-10(8)12/h6,8-9H,2-5,7H2,1H3. The minimum Gasteiger partial charge on any atom is -0.303 e. The molecular formula is C10H16O2. The Kier molecular flexibility index (Phi) is 3.45. The summed E-state index contributed by atoms with van der Waals surface area (Å²) >= 11 is 0. The summed E-state index contributed by atoms with van der Waals surface area (Å²) in [6, 6.07) is 0. The van der Waals surface area contributed by atoms with Crippen LogP contribution in [0.4, 0.5) is 0 Å². The highest BCUT2D eigenvalue weighted by Crippen LogP contribution is 2.28. The molecule has 2 atom stereocenters. The number of carbonyl (C=O) groups is 2. The van der Waals surface area contributed by atoms with E-state index in [4.69, 9.17) is 0 Å². The predicted octanol–water partition coefficient (Wildman–Crippen LogP) is 1.97. The first-order chi connectivity index (χ1) is 5.74. The van der Waals surface area contributed by atoms with E-state index in [1.165, 1.54) is 0 Å². The van der Waals surface area contributed by atoms with Crippen molar-refractivity contribution >= 4 is 12.1 Å². The molecule has 2 heteroatoms. The van der Waals surface area contributed by atoms with Crippen LogP contribution < -0.4 is 0 Å². The lowest BCUT2D eigenvalue weighted by atomic mass is 9.80. The summed E-state index contributed by atoms with van der Waals surface area (Å²) in [5.74, 6) is 1.13. The lowest BCUT2D eigenvalue weighted by Gasteiger charge is -2.24. The second kappa shape index (κ2) is 4.39. The summed E-state index contributed by atoms with van der Waals surface area (Å²) in [6.07, 6.45) is 5.31. The van der Waals surface area contributed by atoms with Gasteiger partial charge in [0.25, 0.3) is 0 Å². The lowest BCUT2D eigenvalue weighted by molar-refractivity contribution is -0.125. The van der Waals surface area contributed by atoms with Gasteiger partial charge in [0.05, 0.1) is 0 Å². The SMILES string of the molecule is CC1CCC(CCC=O)CC1=O. The second-order valence-electron chi connectivity index (χ2n) is 3.76. The molecule has 2 unspecified atom stereocenters. The molecule has 12 heavy (non-hydrogen) atoms. The molecule has 0 aromatic carbocycles. The third-order valence-corrected chi connectivity index (χ3v) is 2.74. The Labute approximate surface area is 73.3 Å². The molecule has 0 heterocycles. The molecule has 2 nitrogen and oxygen atoms in total. The molecule has 0 saturated heterocycles. The number of hydrogen-bond acceptors (Lipinski definition) is 2. The maximum Gasteiger partial charge on any atom is 0.135 e. The Hall–Kier alpha value is -0.660. The van der Waals surface area contributed by atoms with Crippen molar-refractivity contribution in [3.8, 4) is 0 Å². The number of Topliss-reactive ketones (excluding diaryl/α,β-unsaturated/α-hetero) is 1. The van der Waals surface area contributed by atoms with E-state index >= 15 is 0 Å². The van der Waals surface area contributed by atoms with Crippen molar-refractivity contribution in [2.24, 2.45) is 11.8 Å². The van der Waals surface area contributed by atoms with Crippen LogP contribution in [0.1, 0.15) is 39.0 Å². The first kappa shape index (κ1) is 9.43. The van der Waals surface area contributed by atoms with E-state index in [-0.39, 0.29) is 5.92 Å². The average Bonchev–Trinajstić information content (AvgIpc) is 2.07. The van der Waals surface area contributed by atoms with E-state index in [0.29, 0.717) is 24.5 Å². The van der Waals surface area contributed by atoms with Gasteiger partial charge in [-0.1, -0.05) is 6.92 Å². The molecule has 68 valence electrons. The van der Waals surface area contributed by atoms with E-state index in [2.05, 4.69) is 0 Å². The van der Waals surface area contributed by atoms with Gasteiger partial charge in [-0.25, -0.2) is 0 Å². The van der Waals surface area contributed by atoms with E-state index in [9.17, 15) is 9.59 Å². The van der Waals surface area contributed by atoms with Crippen molar-refractivity contribution in [3.05, 3.63) is 0 Å². The van der Waals surface area contributed by atoms with Crippen LogP contribution in [-0.2, 0) is 9.59 Å². The van der Waals surface area contributed by atoms with Crippen LogP contribution in [0, 0.1) is 11.8 Å². The van der Waals surface area contributed by atoms with Gasteiger partial charge >= 0.3 is 0 Å². The summed E-state index contributed by atoms with van der Waals surface area (Å²) in [5.41, 5.74) is 0. The molecular weight excluding hydrogens is 152 g/mol. The van der Waals surface area contributed by atoms with Crippen LogP contribution in [0.2, 0.25) is 0 Å². The molecule has 0 spiro atoms. The first-order valence-corrected chi connectivity index (χ1v) is 4.70. The van der Waals surface area contributed by atoms with E-state index in [1.807, 2.05) is 6.92 Å². The Morgan fingerprint density at radius 2 is 2.25 bits per heavy atom. The van der Waals surface area contributed by atoms with Crippen LogP contribution in [-0.4, -0.2) is 12.1 Å². The molecule has 0 aromatic heterocycles. The van der Waals surface area contributed by atoms with E-state index in [0.717, 1.165) is 25.5 Å². The Morgan fingerprint density at radius 1 is 1.50 bits per heavy atom. The quantitative estimate of drug-likeness (QED) is 0.604. The molecule has 1 rings (SSSR count). The molecule has 0 N–H and O–H groups in total. The van der Waals surface area contributed by atoms with Crippen molar-refractivity contribution in [1.82, 2.24) is 0 Å². The average molecular weight is 168 g/mol. The minimum atomic E-state index is 0.262. The first-order valence-electron chi connectivity index (χ1n) is 4.70. The van der Waals surface area contributed by atoms with E-state index in [1.54, 1.807) is 0 Å². The third-order valence-electron chi connectivity index (χ3n) is 2.74. The minimum absolute atomic E-state index is 0.262. The van der Waals surface area contributed by atoms with Gasteiger partial charge in [-0.15, -0.1) is 0 Å². The van der Waals surface area contributed by atoms with Crippen LogP contribution >= 0.6 is 0 Å². The molecule has 0 amide bonds. The number of ketones is 1. The largest absolute Gasteiger partial charge is 0.303 e. The summed E-state index contributed by atoms with van der Waals surface area (Å²) in [4.78, 5) is 21.4. The fraction of sp³-hybridized carbons (Fsp3) is 0.800. The lowest BCUT2D eigenvalue weighted by Crippen LogP contribution is -2.22. The molecule has 1 aliphatic carbocycles. The fourth-order valence-corrected chi connectivity index (χ4v) is 1.78. The highest BCUT2D eigenvalue weighted by atomic mass is 16.1. The van der Waals surface area contributed by atoms with Crippen molar-refractivity contribution in [1.29, 1.82) is 0 Å². The van der Waals surface area contributed by atoms with Gasteiger partial charge in [0.15, 0.2) is 0 Å². The van der Waals surface area contributed by atoms with Crippen molar-refractivity contribution in [2.75, 3.05) is 0 Å². The molecule has 1 aliphatic rings. The molecule has 0 bridgehead atoms. The van der Waals surface area contributed by atoms with Gasteiger partial charge < -0.3 is 4.79 Å². The van der Waals surface area contributed by atoms with Crippen LogP contribution in [0.3, 0.4) is 0 Å². The predicted molar refractivity (Wildman–Crippen MR) is 46.8 cm³/mol. The fourth-order valence-electron chi connectivity index (χ4n) is 1.78. The maximum atomic E-state index is 11.3. The van der Waals surface area contributed by atoms with Crippen molar-refractivity contribution in [3.63, 3.8) is 0 Å². The maximum absolute atomic E-state index is 11.3. The molecule has 0 aliphatic heterocycles. The van der Waals surface area contributed by atoms with Crippen molar-refractivity contribution in [2.45, 2.75) is 39.0 Å². The summed E-state index contributed by atoms with van der Waals surface area (Å²) in [7, 11) is 0. The normalized spacial score (nSPS) is 30.2. The molecule has 0 radical (unpaired) electrons. The Balaban J connectivity index is 2.30. The Bertz CT molecular complexity index is 175. The van der Waals surface area contributed by atoms with Crippen LogP contribution in [0.15, 0.2) is 0 Å². The zero-order chi connectivity index (χ0) is 8.97. The summed E-state index contributed by atoms with van der Waals surface area (Å²) in [6.45, 7) is 2.00. The zero-order valence-electron chi connectivity index (χ0n) is 7.58. The smallest absolute Gasteiger partial charge is 0.135 e. The summed E-state index contributed by atoms with van der Waals surface area (Å²) < 4.78 is 0. The van der Waals surface area contributed by atoms with Crippen molar-refractivity contribution < 1.29 is 9.59 Å². The number of carbonyl (C=O) groups excluding carboxylic acids is 2. The summed E-state index contributed by atoms with van der Waals surface area (Å²) in [5, 5.41) is 0. The Morgan fingerprint density at radius 3 is 2.83 bits per heavy atom.